The Morgan fingerprint density at radius 3 is 2.56 bits per heavy atom. The van der Waals surface area contributed by atoms with Gasteiger partial charge in [0.2, 0.25) is 0 Å². The lowest BCUT2D eigenvalue weighted by atomic mass is 10.3. The van der Waals surface area contributed by atoms with Gasteiger partial charge in [0.1, 0.15) is 0 Å². The lowest BCUT2D eigenvalue weighted by Gasteiger charge is -2.26. The van der Waals surface area contributed by atoms with Crippen LogP contribution in [0.1, 0.15) is 45.3 Å². The van der Waals surface area contributed by atoms with E-state index in [0.717, 1.165) is 36.6 Å². The van der Waals surface area contributed by atoms with Crippen LogP contribution in [0.2, 0.25) is 0 Å². The van der Waals surface area contributed by atoms with E-state index in [1.807, 2.05) is 11.6 Å². The third-order valence-electron chi connectivity index (χ3n) is 3.05. The molecule has 0 saturated heterocycles. The van der Waals surface area contributed by atoms with Crippen molar-refractivity contribution in [2.24, 2.45) is 0 Å². The fourth-order valence-electron chi connectivity index (χ4n) is 2.02. The predicted octanol–water partition coefficient (Wildman–Crippen LogP) is 1.95. The van der Waals surface area contributed by atoms with Gasteiger partial charge in [-0.2, -0.15) is 5.10 Å². The Kier molecular flexibility index (Phi) is 5.47. The first-order chi connectivity index (χ1) is 8.52. The molecule has 0 saturated carbocycles. The summed E-state index contributed by atoms with van der Waals surface area (Å²) >= 11 is 0. The second kappa shape index (κ2) is 6.64. The fourth-order valence-corrected chi connectivity index (χ4v) is 2.02. The molecule has 5 nitrogen and oxygen atoms in total. The van der Waals surface area contributed by atoms with E-state index in [2.05, 4.69) is 30.8 Å². The van der Waals surface area contributed by atoms with Crippen LogP contribution in [0.4, 0.5) is 11.5 Å². The van der Waals surface area contributed by atoms with Gasteiger partial charge in [0.25, 0.3) is 0 Å². The van der Waals surface area contributed by atoms with Crippen LogP contribution < -0.4 is 10.6 Å². The predicted molar refractivity (Wildman–Crippen MR) is 76.0 cm³/mol. The van der Waals surface area contributed by atoms with Gasteiger partial charge in [-0.05, 0) is 27.2 Å². The van der Waals surface area contributed by atoms with E-state index in [-0.39, 0.29) is 12.6 Å². The molecule has 1 rings (SSSR count). The molecule has 5 heteroatoms. The fraction of sp³-hybridized carbons (Fsp3) is 0.769. The highest BCUT2D eigenvalue weighted by molar-refractivity contribution is 5.66. The lowest BCUT2D eigenvalue weighted by molar-refractivity contribution is 0.300. The second-order valence-corrected chi connectivity index (χ2v) is 4.93. The quantitative estimate of drug-likeness (QED) is 0.780. The molecular formula is C13H26N4O. The van der Waals surface area contributed by atoms with Crippen molar-refractivity contribution >= 4 is 11.5 Å². The Balaban J connectivity index is 3.08. The minimum atomic E-state index is 0.130. The van der Waals surface area contributed by atoms with Gasteiger partial charge in [0.15, 0.2) is 5.82 Å². The van der Waals surface area contributed by atoms with Gasteiger partial charge in [0, 0.05) is 19.1 Å². The van der Waals surface area contributed by atoms with Crippen LogP contribution in [-0.2, 0) is 0 Å². The van der Waals surface area contributed by atoms with Crippen molar-refractivity contribution in [1.29, 1.82) is 0 Å². The first-order valence-corrected chi connectivity index (χ1v) is 6.73. The Morgan fingerprint density at radius 1 is 1.39 bits per heavy atom. The topological polar surface area (TPSA) is 67.3 Å². The molecule has 3 N–H and O–H groups in total. The molecule has 0 aromatic carbocycles. The maximum Gasteiger partial charge on any atom is 0.150 e. The van der Waals surface area contributed by atoms with Gasteiger partial charge >= 0.3 is 0 Å². The molecule has 0 unspecified atom stereocenters. The Hall–Kier alpha value is -1.23. The third kappa shape index (κ3) is 3.16. The number of aliphatic hydroxyl groups excluding tert-OH is 1. The van der Waals surface area contributed by atoms with E-state index >= 15 is 0 Å². The summed E-state index contributed by atoms with van der Waals surface area (Å²) in [6, 6.07) is 0.263. The van der Waals surface area contributed by atoms with Crippen molar-refractivity contribution in [3.05, 3.63) is 5.69 Å². The average molecular weight is 254 g/mol. The summed E-state index contributed by atoms with van der Waals surface area (Å²) in [7, 11) is 0. The summed E-state index contributed by atoms with van der Waals surface area (Å²) in [4.78, 5) is 2.14. The first kappa shape index (κ1) is 14.8. The number of hydrogen-bond acceptors (Lipinski definition) is 4. The summed E-state index contributed by atoms with van der Waals surface area (Å²) in [6.45, 7) is 9.89. The Morgan fingerprint density at radius 2 is 2.06 bits per heavy atom. The third-order valence-corrected chi connectivity index (χ3v) is 3.05. The molecule has 1 aromatic rings. The molecule has 104 valence electrons. The van der Waals surface area contributed by atoms with Gasteiger partial charge in [-0.25, -0.2) is 4.68 Å². The molecule has 0 atom stereocenters. The molecule has 0 fully saturated rings. The van der Waals surface area contributed by atoms with Crippen LogP contribution in [-0.4, -0.2) is 34.6 Å². The molecule has 0 aliphatic rings. The van der Waals surface area contributed by atoms with Crippen LogP contribution in [0.25, 0.3) is 0 Å². The Labute approximate surface area is 110 Å². The number of hydrogen-bond donors (Lipinski definition) is 2. The van der Waals surface area contributed by atoms with Gasteiger partial charge in [-0.15, -0.1) is 0 Å². The zero-order valence-corrected chi connectivity index (χ0v) is 12.0. The molecule has 0 aliphatic heterocycles. The van der Waals surface area contributed by atoms with Crippen molar-refractivity contribution in [2.75, 3.05) is 30.3 Å². The number of nitrogens with zero attached hydrogens (tertiary/aromatic N) is 3. The highest BCUT2D eigenvalue weighted by Crippen LogP contribution is 2.29. The van der Waals surface area contributed by atoms with E-state index in [1.165, 1.54) is 0 Å². The molecule has 1 heterocycles. The molecule has 0 bridgehead atoms. The Bertz CT molecular complexity index is 373. The highest BCUT2D eigenvalue weighted by Gasteiger charge is 2.19. The van der Waals surface area contributed by atoms with Crippen LogP contribution in [0.5, 0.6) is 0 Å². The molecule has 0 amide bonds. The first-order valence-electron chi connectivity index (χ1n) is 6.73. The zero-order valence-electron chi connectivity index (χ0n) is 12.0. The smallest absolute Gasteiger partial charge is 0.150 e. The van der Waals surface area contributed by atoms with Crippen molar-refractivity contribution in [1.82, 2.24) is 9.78 Å². The SMILES string of the molecule is CCCCN(CCO)c1c(N)c(C)nn1C(C)C. The molecule has 18 heavy (non-hydrogen) atoms. The number of nitrogens with two attached hydrogens (primary N) is 1. The van der Waals surface area contributed by atoms with Gasteiger partial charge < -0.3 is 15.7 Å². The number of anilines is 2. The molecule has 0 radical (unpaired) electrons. The maximum absolute atomic E-state index is 9.21. The lowest BCUT2D eigenvalue weighted by Crippen LogP contribution is -2.31. The largest absolute Gasteiger partial charge is 0.395 e. The normalized spacial score (nSPS) is 11.2. The van der Waals surface area contributed by atoms with Crippen molar-refractivity contribution < 1.29 is 5.11 Å². The summed E-state index contributed by atoms with van der Waals surface area (Å²) < 4.78 is 1.95. The molecular weight excluding hydrogens is 228 g/mol. The number of nitrogen functional groups attached to an aromatic ring is 1. The molecule has 1 aromatic heterocycles. The number of aryl methyl sites for hydroxylation is 1. The van der Waals surface area contributed by atoms with Crippen LogP contribution in [0.15, 0.2) is 0 Å². The van der Waals surface area contributed by atoms with Gasteiger partial charge in [-0.1, -0.05) is 13.3 Å². The highest BCUT2D eigenvalue weighted by atomic mass is 16.3. The van der Waals surface area contributed by atoms with Crippen LogP contribution in [0, 0.1) is 6.92 Å². The van der Waals surface area contributed by atoms with E-state index in [1.54, 1.807) is 0 Å². The number of rotatable bonds is 7. The minimum Gasteiger partial charge on any atom is -0.395 e. The van der Waals surface area contributed by atoms with Crippen molar-refractivity contribution in [3.63, 3.8) is 0 Å². The standard InChI is InChI=1S/C13H26N4O/c1-5-6-7-16(8-9-18)13-12(14)11(4)15-17(13)10(2)3/h10,18H,5-9,14H2,1-4H3. The van der Waals surface area contributed by atoms with Crippen molar-refractivity contribution in [3.8, 4) is 0 Å². The van der Waals surface area contributed by atoms with Gasteiger partial charge in [0.05, 0.1) is 18.0 Å². The summed E-state index contributed by atoms with van der Waals surface area (Å²) in [5.41, 5.74) is 7.73. The molecule has 0 spiro atoms. The molecule has 0 aliphatic carbocycles. The van der Waals surface area contributed by atoms with Crippen molar-refractivity contribution in [2.45, 2.75) is 46.6 Å². The van der Waals surface area contributed by atoms with E-state index in [9.17, 15) is 5.11 Å². The number of aliphatic hydroxyl groups is 1. The summed E-state index contributed by atoms with van der Waals surface area (Å²) in [5, 5.41) is 13.7. The average Bonchev–Trinajstić information content (AvgIpc) is 2.62. The zero-order chi connectivity index (χ0) is 13.7. The van der Waals surface area contributed by atoms with Crippen LogP contribution >= 0.6 is 0 Å². The summed E-state index contributed by atoms with van der Waals surface area (Å²) in [6.07, 6.45) is 2.21. The minimum absolute atomic E-state index is 0.130. The monoisotopic (exact) mass is 254 g/mol. The van der Waals surface area contributed by atoms with Crippen LogP contribution in [0.3, 0.4) is 0 Å². The van der Waals surface area contributed by atoms with Gasteiger partial charge in [-0.3, -0.25) is 0 Å². The van der Waals surface area contributed by atoms with E-state index < -0.39 is 0 Å². The van der Waals surface area contributed by atoms with E-state index in [0.29, 0.717) is 6.54 Å². The number of unbranched alkanes of at least 4 members (excludes halogenated alkanes) is 1. The summed E-state index contributed by atoms with van der Waals surface area (Å²) in [5.74, 6) is 0.949. The maximum atomic E-state index is 9.21. The van der Waals surface area contributed by atoms with E-state index in [4.69, 9.17) is 5.73 Å². The number of aromatic nitrogens is 2. The second-order valence-electron chi connectivity index (χ2n) is 4.93.